The lowest BCUT2D eigenvalue weighted by Crippen LogP contribution is -2.54. The van der Waals surface area contributed by atoms with Crippen LogP contribution >= 0.6 is 11.3 Å². The molecule has 1 aromatic carbocycles. The van der Waals surface area contributed by atoms with Gasteiger partial charge < -0.3 is 20.4 Å². The van der Waals surface area contributed by atoms with Gasteiger partial charge in [0.1, 0.15) is 12.1 Å². The Kier molecular flexibility index (Phi) is 12.0. The fourth-order valence-corrected chi connectivity index (χ4v) is 8.95. The van der Waals surface area contributed by atoms with Crippen LogP contribution in [-0.2, 0) is 14.4 Å². The van der Waals surface area contributed by atoms with E-state index in [4.69, 9.17) is 4.98 Å². The van der Waals surface area contributed by atoms with Gasteiger partial charge in [0.15, 0.2) is 5.01 Å². The van der Waals surface area contributed by atoms with Gasteiger partial charge in [0.2, 0.25) is 22.9 Å². The number of fused-ring (bicyclic) bond motifs is 2. The van der Waals surface area contributed by atoms with Crippen LogP contribution < -0.4 is 20.9 Å². The monoisotopic (exact) mass is 842 g/mol. The second kappa shape index (κ2) is 17.9. The summed E-state index contributed by atoms with van der Waals surface area (Å²) in [6, 6.07) is 14.0. The van der Waals surface area contributed by atoms with Gasteiger partial charge in [0.05, 0.1) is 45.4 Å². The van der Waals surface area contributed by atoms with E-state index in [1.807, 2.05) is 29.3 Å². The lowest BCUT2D eigenvalue weighted by molar-refractivity contribution is -0.136. The quantitative estimate of drug-likeness (QED) is 0.0926. The smallest absolute Gasteiger partial charge is 0.264 e. The molecule has 2 saturated heterocycles. The van der Waals surface area contributed by atoms with Gasteiger partial charge in [-0.3, -0.25) is 39.2 Å². The van der Waals surface area contributed by atoms with Crippen molar-refractivity contribution in [3.63, 3.8) is 0 Å². The van der Waals surface area contributed by atoms with Gasteiger partial charge in [-0.05, 0) is 69.5 Å². The maximum absolute atomic E-state index is 13.3. The van der Waals surface area contributed by atoms with Crippen LogP contribution in [0.25, 0.3) is 27.5 Å². The first-order valence-corrected chi connectivity index (χ1v) is 21.5. The first-order chi connectivity index (χ1) is 29.6. The van der Waals surface area contributed by atoms with E-state index in [0.29, 0.717) is 50.4 Å². The van der Waals surface area contributed by atoms with Crippen molar-refractivity contribution in [2.75, 3.05) is 48.3 Å². The molecular weight excluding hydrogens is 797 g/mol. The number of imide groups is 2. The van der Waals surface area contributed by atoms with Gasteiger partial charge in [0, 0.05) is 69.2 Å². The van der Waals surface area contributed by atoms with Crippen molar-refractivity contribution in [1.29, 1.82) is 5.26 Å². The van der Waals surface area contributed by atoms with Gasteiger partial charge in [-0.1, -0.05) is 36.7 Å². The number of piperazine rings is 1. The highest BCUT2D eigenvalue weighted by atomic mass is 32.1. The number of anilines is 3. The Morgan fingerprint density at radius 1 is 0.934 bits per heavy atom. The highest BCUT2D eigenvalue weighted by Crippen LogP contribution is 2.36. The van der Waals surface area contributed by atoms with E-state index in [9.17, 15) is 29.2 Å². The van der Waals surface area contributed by atoms with Gasteiger partial charge in [0.25, 0.3) is 11.8 Å². The Balaban J connectivity index is 0.768. The normalized spacial score (nSPS) is 16.6. The summed E-state index contributed by atoms with van der Waals surface area (Å²) in [5, 5.41) is 33.4. The van der Waals surface area contributed by atoms with Crippen LogP contribution in [0.2, 0.25) is 0 Å². The Hall–Kier alpha value is -6.74. The number of benzene rings is 1. The molecule has 0 radical (unpaired) electrons. The third-order valence-corrected chi connectivity index (χ3v) is 12.2. The van der Waals surface area contributed by atoms with E-state index in [0.717, 1.165) is 75.3 Å². The van der Waals surface area contributed by atoms with Crippen LogP contribution in [-0.4, -0.2) is 109 Å². The average Bonchev–Trinajstić information content (AvgIpc) is 3.98. The number of piperidine rings is 1. The Labute approximate surface area is 356 Å². The number of amides is 5. The minimum atomic E-state index is -1.00. The van der Waals surface area contributed by atoms with E-state index in [1.165, 1.54) is 11.3 Å². The number of carbonyl (C=O) groups is 5. The molecule has 0 aliphatic carbocycles. The van der Waals surface area contributed by atoms with Gasteiger partial charge in [-0.25, -0.2) is 4.52 Å². The number of hydrogen-bond donors (Lipinski definition) is 3. The molecule has 7 heterocycles. The van der Waals surface area contributed by atoms with Crippen molar-refractivity contribution in [2.45, 2.75) is 77.3 Å². The van der Waals surface area contributed by atoms with Crippen LogP contribution in [0, 0.1) is 11.3 Å². The van der Waals surface area contributed by atoms with Crippen molar-refractivity contribution in [1.82, 2.24) is 39.9 Å². The molecule has 314 valence electrons. The predicted molar refractivity (Wildman–Crippen MR) is 229 cm³/mol. The second-order valence-corrected chi connectivity index (χ2v) is 16.7. The van der Waals surface area contributed by atoms with E-state index < -0.39 is 29.7 Å². The zero-order valence-corrected chi connectivity index (χ0v) is 34.8. The van der Waals surface area contributed by atoms with Crippen molar-refractivity contribution < 1.29 is 24.0 Å². The molecule has 5 amide bonds. The number of rotatable bonds is 15. The van der Waals surface area contributed by atoms with Crippen LogP contribution in [0.15, 0.2) is 54.9 Å². The molecule has 17 nitrogen and oxygen atoms in total. The van der Waals surface area contributed by atoms with Crippen LogP contribution in [0.3, 0.4) is 0 Å². The van der Waals surface area contributed by atoms with Gasteiger partial charge >= 0.3 is 0 Å². The molecule has 3 aliphatic rings. The summed E-state index contributed by atoms with van der Waals surface area (Å²) >= 11 is 1.50. The van der Waals surface area contributed by atoms with Crippen LogP contribution in [0.5, 0.6) is 0 Å². The summed E-state index contributed by atoms with van der Waals surface area (Å²) < 4.78 is 1.77. The number of hydrogen-bond acceptors (Lipinski definition) is 14. The summed E-state index contributed by atoms with van der Waals surface area (Å²) in [7, 11) is 0. The van der Waals surface area contributed by atoms with Crippen LogP contribution in [0.1, 0.15) is 91.5 Å². The average molecular weight is 843 g/mol. The highest BCUT2D eigenvalue weighted by Gasteiger charge is 2.45. The number of unbranched alkanes of at least 4 members (excludes halogenated alkanes) is 4. The molecule has 0 bridgehead atoms. The minimum Gasteiger partial charge on any atom is -0.384 e. The van der Waals surface area contributed by atoms with E-state index in [1.54, 1.807) is 35.0 Å². The molecule has 1 atom stereocenters. The van der Waals surface area contributed by atoms with Crippen molar-refractivity contribution in [3.05, 3.63) is 71.5 Å². The first-order valence-electron chi connectivity index (χ1n) is 20.7. The van der Waals surface area contributed by atoms with Crippen molar-refractivity contribution >= 4 is 62.9 Å². The zero-order chi connectivity index (χ0) is 42.6. The van der Waals surface area contributed by atoms with Crippen LogP contribution in [0.4, 0.5) is 16.5 Å². The largest absolute Gasteiger partial charge is 0.384 e. The fourth-order valence-electron chi connectivity index (χ4n) is 8.02. The first kappa shape index (κ1) is 41.0. The summed E-state index contributed by atoms with van der Waals surface area (Å²) in [6.45, 7) is 7.33. The minimum absolute atomic E-state index is 0.0731. The number of nitriles is 1. The maximum atomic E-state index is 13.3. The Morgan fingerprint density at radius 3 is 2.52 bits per heavy atom. The lowest BCUT2D eigenvalue weighted by atomic mass is 10.0. The number of aromatic nitrogens is 5. The summed E-state index contributed by atoms with van der Waals surface area (Å²) in [6.07, 6.45) is 8.53. The number of carbonyl (C=O) groups excluding carboxylic acids is 5. The lowest BCUT2D eigenvalue weighted by Gasteiger charge is -2.34. The molecule has 0 spiro atoms. The Morgan fingerprint density at radius 2 is 1.74 bits per heavy atom. The summed E-state index contributed by atoms with van der Waals surface area (Å²) in [4.78, 5) is 73.4. The number of pyridine rings is 1. The molecule has 1 unspecified atom stereocenters. The topological polar surface area (TPSA) is 211 Å². The van der Waals surface area contributed by atoms with E-state index in [2.05, 4.69) is 56.1 Å². The van der Waals surface area contributed by atoms with Gasteiger partial charge in [-0.15, -0.1) is 10.2 Å². The van der Waals surface area contributed by atoms with E-state index in [-0.39, 0.29) is 35.9 Å². The molecule has 61 heavy (non-hydrogen) atoms. The number of nitrogens with one attached hydrogen (secondary N) is 3. The third-order valence-electron chi connectivity index (χ3n) is 11.1. The molecule has 4 aromatic heterocycles. The highest BCUT2D eigenvalue weighted by molar-refractivity contribution is 7.18. The second-order valence-electron chi connectivity index (χ2n) is 15.7. The standard InChI is InChI=1S/C43H46N12O5S/c1-26(2)48-32-22-33(34-13-12-28-21-27(23-44)24-47-55(28)34)46-25-30(32)40-50-51-43(61-40)53-19-17-52(18-20-53)37(57)11-6-4-3-5-7-16-45-31-10-8-9-29-38(31)42(60)54(41(29)59)35-14-15-36(56)49-39(35)58/h8-10,12-13,21-22,24-26,35,45H,3-7,11,14-20H2,1-2H3,(H,46,48)(H,49,56,58). The SMILES string of the molecule is CC(C)Nc1cc(-c2ccc3cc(C#N)cnn23)ncc1-c1nnc(N2CCN(C(=O)CCCCCCCNc3cccc4c3C(=O)N(C3CCC(=O)NC3=O)C4=O)CC2)s1. The van der Waals surface area contributed by atoms with Crippen molar-refractivity contribution in [3.8, 4) is 28.0 Å². The molecule has 3 N–H and O–H groups in total. The summed E-state index contributed by atoms with van der Waals surface area (Å²) in [5.74, 6) is -1.92. The number of nitrogens with zero attached hydrogens (tertiary/aromatic N) is 9. The predicted octanol–water partition coefficient (Wildman–Crippen LogP) is 5.11. The molecule has 5 aromatic rings. The van der Waals surface area contributed by atoms with E-state index >= 15 is 0 Å². The molecule has 8 rings (SSSR count). The maximum Gasteiger partial charge on any atom is 0.264 e. The zero-order valence-electron chi connectivity index (χ0n) is 34.0. The molecular formula is C43H46N12O5S. The third kappa shape index (κ3) is 8.64. The molecule has 18 heteroatoms. The molecule has 0 saturated carbocycles. The van der Waals surface area contributed by atoms with Crippen molar-refractivity contribution in [2.24, 2.45) is 0 Å². The summed E-state index contributed by atoms with van der Waals surface area (Å²) in [5.41, 5.74) is 5.65. The van der Waals surface area contributed by atoms with Gasteiger partial charge in [-0.2, -0.15) is 10.4 Å². The fraction of sp³-hybridized carbons (Fsp3) is 0.395. The molecule has 3 aliphatic heterocycles. The molecule has 2 fully saturated rings. The Bertz CT molecular complexity index is 2550.